The van der Waals surface area contributed by atoms with Crippen molar-refractivity contribution in [3.8, 4) is 5.82 Å². The van der Waals surface area contributed by atoms with E-state index in [-0.39, 0.29) is 0 Å². The number of nitrogens with one attached hydrogen (secondary N) is 1. The maximum Gasteiger partial charge on any atom is 0.197 e. The number of hydrogen-bond acceptors (Lipinski definition) is 4. The monoisotopic (exact) mass is 407 g/mol. The first kappa shape index (κ1) is 16.7. The van der Waals surface area contributed by atoms with Crippen molar-refractivity contribution in [3.63, 3.8) is 0 Å². The number of aromatic nitrogens is 4. The summed E-state index contributed by atoms with van der Waals surface area (Å²) in [6, 6.07) is 16.0. The molecule has 2 aromatic heterocycles. The number of aryl methyl sites for hydroxylation is 3. The van der Waals surface area contributed by atoms with Crippen molar-refractivity contribution in [2.45, 2.75) is 20.8 Å². The molecule has 1 N–H and O–H groups in total. The molecule has 0 spiro atoms. The number of anilines is 2. The van der Waals surface area contributed by atoms with Crippen LogP contribution >= 0.6 is 15.9 Å². The third kappa shape index (κ3) is 3.08. The Hall–Kier alpha value is -2.73. The molecule has 0 unspecified atom stereocenters. The molecule has 0 radical (unpaired) electrons. The molecule has 130 valence electrons. The van der Waals surface area contributed by atoms with Crippen LogP contribution in [0, 0.1) is 20.8 Å². The second-order valence-corrected chi connectivity index (χ2v) is 7.17. The van der Waals surface area contributed by atoms with Crippen LogP contribution in [0.15, 0.2) is 53.0 Å². The lowest BCUT2D eigenvalue weighted by molar-refractivity contribution is 0.808. The lowest BCUT2D eigenvalue weighted by atomic mass is 10.2. The van der Waals surface area contributed by atoms with E-state index in [0.29, 0.717) is 11.6 Å². The zero-order valence-corrected chi connectivity index (χ0v) is 16.4. The van der Waals surface area contributed by atoms with Crippen molar-refractivity contribution in [3.05, 3.63) is 70.0 Å². The van der Waals surface area contributed by atoms with Crippen molar-refractivity contribution in [2.75, 3.05) is 5.32 Å². The molecule has 0 aliphatic rings. The average molecular weight is 408 g/mol. The van der Waals surface area contributed by atoms with Crippen LogP contribution in [-0.4, -0.2) is 19.7 Å². The third-order valence-electron chi connectivity index (χ3n) is 4.20. The van der Waals surface area contributed by atoms with E-state index in [1.807, 2.05) is 61.0 Å². The van der Waals surface area contributed by atoms with Crippen LogP contribution in [-0.2, 0) is 0 Å². The van der Waals surface area contributed by atoms with Crippen molar-refractivity contribution < 1.29 is 0 Å². The number of rotatable bonds is 3. The molecule has 5 nitrogen and oxygen atoms in total. The summed E-state index contributed by atoms with van der Waals surface area (Å²) in [6.07, 6.45) is 0. The SMILES string of the molecule is Cc1cc(C)n(-c2nc3ccccc3nc2Nc2ccc(C)c(Br)c2)n1. The number of para-hydroxylation sites is 2. The number of nitrogens with zero attached hydrogens (tertiary/aromatic N) is 4. The van der Waals surface area contributed by atoms with Gasteiger partial charge in [0.05, 0.1) is 16.7 Å². The zero-order chi connectivity index (χ0) is 18.3. The van der Waals surface area contributed by atoms with Gasteiger partial charge in [-0.1, -0.05) is 34.1 Å². The van der Waals surface area contributed by atoms with Crippen LogP contribution < -0.4 is 5.32 Å². The van der Waals surface area contributed by atoms with Gasteiger partial charge in [0.25, 0.3) is 0 Å². The normalized spacial score (nSPS) is 11.1. The van der Waals surface area contributed by atoms with Crippen LogP contribution in [0.4, 0.5) is 11.5 Å². The summed E-state index contributed by atoms with van der Waals surface area (Å²) in [6.45, 7) is 6.05. The summed E-state index contributed by atoms with van der Waals surface area (Å²) in [5.41, 5.74) is 5.76. The van der Waals surface area contributed by atoms with E-state index in [4.69, 9.17) is 9.97 Å². The van der Waals surface area contributed by atoms with E-state index in [2.05, 4.69) is 39.3 Å². The quantitative estimate of drug-likeness (QED) is 0.503. The summed E-state index contributed by atoms with van der Waals surface area (Å²) in [5, 5.41) is 7.99. The minimum absolute atomic E-state index is 0.672. The first-order chi connectivity index (χ1) is 12.5. The number of halogens is 1. The van der Waals surface area contributed by atoms with Crippen molar-refractivity contribution >= 4 is 38.5 Å². The second-order valence-electron chi connectivity index (χ2n) is 6.31. The van der Waals surface area contributed by atoms with Gasteiger partial charge in [0, 0.05) is 15.9 Å². The molecule has 4 aromatic rings. The minimum Gasteiger partial charge on any atom is -0.337 e. The minimum atomic E-state index is 0.672. The van der Waals surface area contributed by atoms with Gasteiger partial charge in [-0.25, -0.2) is 14.6 Å². The topological polar surface area (TPSA) is 55.6 Å². The maximum atomic E-state index is 4.82. The van der Waals surface area contributed by atoms with Gasteiger partial charge in [-0.2, -0.15) is 5.10 Å². The fourth-order valence-corrected chi connectivity index (χ4v) is 3.25. The van der Waals surface area contributed by atoms with Crippen LogP contribution in [0.25, 0.3) is 16.9 Å². The highest BCUT2D eigenvalue weighted by Gasteiger charge is 2.14. The smallest absolute Gasteiger partial charge is 0.197 e. The fourth-order valence-electron chi connectivity index (χ4n) is 2.87. The molecule has 0 saturated carbocycles. The Labute approximate surface area is 160 Å². The molecule has 0 aliphatic carbocycles. The summed E-state index contributed by atoms with van der Waals surface area (Å²) in [5.74, 6) is 1.36. The van der Waals surface area contributed by atoms with E-state index in [1.165, 1.54) is 5.56 Å². The summed E-state index contributed by atoms with van der Waals surface area (Å²) in [7, 11) is 0. The number of fused-ring (bicyclic) bond motifs is 1. The van der Waals surface area contributed by atoms with E-state index >= 15 is 0 Å². The van der Waals surface area contributed by atoms with E-state index in [9.17, 15) is 0 Å². The van der Waals surface area contributed by atoms with Crippen LogP contribution in [0.3, 0.4) is 0 Å². The molecular formula is C20H18BrN5. The van der Waals surface area contributed by atoms with E-state index < -0.39 is 0 Å². The van der Waals surface area contributed by atoms with Gasteiger partial charge in [-0.3, -0.25) is 0 Å². The first-order valence-electron chi connectivity index (χ1n) is 8.35. The van der Waals surface area contributed by atoms with Crippen LogP contribution in [0.2, 0.25) is 0 Å². The van der Waals surface area contributed by atoms with Gasteiger partial charge in [-0.15, -0.1) is 0 Å². The Morgan fingerprint density at radius 1 is 0.923 bits per heavy atom. The highest BCUT2D eigenvalue weighted by Crippen LogP contribution is 2.27. The molecule has 2 heterocycles. The molecule has 0 atom stereocenters. The predicted molar refractivity (Wildman–Crippen MR) is 108 cm³/mol. The van der Waals surface area contributed by atoms with Gasteiger partial charge in [0.1, 0.15) is 0 Å². The van der Waals surface area contributed by atoms with Crippen molar-refractivity contribution in [1.82, 2.24) is 19.7 Å². The van der Waals surface area contributed by atoms with E-state index in [0.717, 1.165) is 32.6 Å². The summed E-state index contributed by atoms with van der Waals surface area (Å²) in [4.78, 5) is 9.62. The summed E-state index contributed by atoms with van der Waals surface area (Å²) < 4.78 is 2.88. The zero-order valence-electron chi connectivity index (χ0n) is 14.8. The Kier molecular flexibility index (Phi) is 4.20. The largest absolute Gasteiger partial charge is 0.337 e. The van der Waals surface area contributed by atoms with Crippen molar-refractivity contribution in [2.24, 2.45) is 0 Å². The second kappa shape index (κ2) is 6.53. The first-order valence-corrected chi connectivity index (χ1v) is 9.14. The van der Waals surface area contributed by atoms with Crippen LogP contribution in [0.5, 0.6) is 0 Å². The maximum absolute atomic E-state index is 4.82. The Morgan fingerprint density at radius 2 is 1.65 bits per heavy atom. The van der Waals surface area contributed by atoms with Gasteiger partial charge in [-0.05, 0) is 56.7 Å². The molecular weight excluding hydrogens is 390 g/mol. The van der Waals surface area contributed by atoms with E-state index in [1.54, 1.807) is 0 Å². The fraction of sp³-hybridized carbons (Fsp3) is 0.150. The van der Waals surface area contributed by atoms with Gasteiger partial charge >= 0.3 is 0 Å². The molecule has 4 rings (SSSR count). The van der Waals surface area contributed by atoms with Gasteiger partial charge in [0.2, 0.25) is 0 Å². The van der Waals surface area contributed by atoms with Crippen molar-refractivity contribution in [1.29, 1.82) is 0 Å². The predicted octanol–water partition coefficient (Wildman–Crippen LogP) is 5.25. The molecule has 0 fully saturated rings. The Bertz CT molecular complexity index is 1120. The lowest BCUT2D eigenvalue weighted by Crippen LogP contribution is -2.08. The standard InChI is InChI=1S/C20H18BrN5/c1-12-8-9-15(11-16(12)21)22-19-20(26-14(3)10-13(2)25-26)24-18-7-5-4-6-17(18)23-19/h4-11H,1-3H3,(H,22,23). The Balaban J connectivity index is 1.89. The number of hydrogen-bond donors (Lipinski definition) is 1. The van der Waals surface area contributed by atoms with Gasteiger partial charge < -0.3 is 5.32 Å². The third-order valence-corrected chi connectivity index (χ3v) is 5.05. The lowest BCUT2D eigenvalue weighted by Gasteiger charge is -2.13. The molecule has 0 saturated heterocycles. The molecule has 26 heavy (non-hydrogen) atoms. The Morgan fingerprint density at radius 3 is 2.31 bits per heavy atom. The molecule has 6 heteroatoms. The number of benzene rings is 2. The van der Waals surface area contributed by atoms with Crippen LogP contribution in [0.1, 0.15) is 17.0 Å². The molecule has 0 amide bonds. The van der Waals surface area contributed by atoms with Gasteiger partial charge in [0.15, 0.2) is 11.6 Å². The average Bonchev–Trinajstić information content (AvgIpc) is 2.96. The highest BCUT2D eigenvalue weighted by atomic mass is 79.9. The highest BCUT2D eigenvalue weighted by molar-refractivity contribution is 9.10. The molecule has 2 aromatic carbocycles. The summed E-state index contributed by atoms with van der Waals surface area (Å²) >= 11 is 3.58. The molecule has 0 aliphatic heterocycles. The molecule has 0 bridgehead atoms.